The van der Waals surface area contributed by atoms with Crippen LogP contribution in [0.4, 0.5) is 23.4 Å². The summed E-state index contributed by atoms with van der Waals surface area (Å²) < 4.78 is 47.9. The topological polar surface area (TPSA) is 53.6 Å². The summed E-state index contributed by atoms with van der Waals surface area (Å²) in [4.78, 5) is 15.0. The van der Waals surface area contributed by atoms with Crippen LogP contribution in [0.5, 0.6) is 0 Å². The number of hydrogen-bond acceptors (Lipinski definition) is 4. The number of hydrogen-bond donors (Lipinski definition) is 2. The quantitative estimate of drug-likeness (QED) is 0.454. The van der Waals surface area contributed by atoms with Crippen LogP contribution in [-0.2, 0) is 11.3 Å². The average molecular weight is 508 g/mol. The third kappa shape index (κ3) is 5.11. The van der Waals surface area contributed by atoms with Gasteiger partial charge in [-0.1, -0.05) is 59.7 Å². The number of nitrogens with zero attached hydrogens (tertiary/aromatic N) is 1. The number of carbonyl (C=O) groups excluding carboxylic acids is 1. The van der Waals surface area contributed by atoms with E-state index in [9.17, 15) is 17.7 Å². The molecule has 1 heterocycles. The molecule has 37 heavy (non-hydrogen) atoms. The molecule has 5 rings (SSSR count). The van der Waals surface area contributed by atoms with Gasteiger partial charge in [-0.25, -0.2) is 4.79 Å². The number of piperazine rings is 1. The smallest absolute Gasteiger partial charge is 0.448 e. The summed E-state index contributed by atoms with van der Waals surface area (Å²) in [5.41, 5.74) is 4.67. The van der Waals surface area contributed by atoms with E-state index in [-0.39, 0.29) is 29.3 Å². The largest absolute Gasteiger partial charge is 0.510 e. The van der Waals surface area contributed by atoms with E-state index in [1.807, 2.05) is 48.5 Å². The minimum atomic E-state index is -5.26. The zero-order chi connectivity index (χ0) is 26.2. The average Bonchev–Trinajstić information content (AvgIpc) is 3.19. The maximum atomic E-state index is 14.1. The third-order valence-electron chi connectivity index (χ3n) is 7.52. The highest BCUT2D eigenvalue weighted by Gasteiger charge is 2.33. The molecule has 194 valence electrons. The van der Waals surface area contributed by atoms with E-state index < -0.39 is 18.5 Å². The Kier molecular flexibility index (Phi) is 7.01. The Labute approximate surface area is 215 Å². The highest BCUT2D eigenvalue weighted by Crippen LogP contribution is 2.44. The first-order chi connectivity index (χ1) is 17.7. The lowest BCUT2D eigenvalue weighted by Gasteiger charge is -2.31. The van der Waals surface area contributed by atoms with Crippen molar-refractivity contribution in [2.24, 2.45) is 0 Å². The molecule has 3 aromatic rings. The number of amides is 1. The number of nitrogens with one attached hydrogen (secondary N) is 2. The van der Waals surface area contributed by atoms with Crippen LogP contribution in [0.25, 0.3) is 11.1 Å². The SMILES string of the molecule is Cc1c(CN2CCNCC2)cc(NC(=O)OCC2c3ccccc3-c3ccccc32)c(C)c1[B-](F)(F)F. The van der Waals surface area contributed by atoms with Gasteiger partial charge in [0.15, 0.2) is 0 Å². The number of benzene rings is 3. The predicted molar refractivity (Wildman–Crippen MR) is 141 cm³/mol. The van der Waals surface area contributed by atoms with Crippen LogP contribution >= 0.6 is 0 Å². The van der Waals surface area contributed by atoms with Gasteiger partial charge in [-0.15, -0.1) is 5.46 Å². The van der Waals surface area contributed by atoms with E-state index in [2.05, 4.69) is 15.5 Å². The first-order valence-electron chi connectivity index (χ1n) is 12.6. The normalized spacial score (nSPS) is 15.8. The van der Waals surface area contributed by atoms with Crippen molar-refractivity contribution >= 4 is 24.2 Å². The van der Waals surface area contributed by atoms with Gasteiger partial charge < -0.3 is 23.0 Å². The second-order valence-corrected chi connectivity index (χ2v) is 9.80. The van der Waals surface area contributed by atoms with Crippen LogP contribution < -0.4 is 16.1 Å². The molecular formula is C28H30BF3N3O2-. The molecule has 0 radical (unpaired) electrons. The highest BCUT2D eigenvalue weighted by molar-refractivity contribution is 6.74. The van der Waals surface area contributed by atoms with Crippen LogP contribution in [0, 0.1) is 13.8 Å². The molecule has 0 spiro atoms. The fourth-order valence-electron chi connectivity index (χ4n) is 5.63. The molecule has 1 saturated heterocycles. The zero-order valence-corrected chi connectivity index (χ0v) is 21.0. The van der Waals surface area contributed by atoms with Gasteiger partial charge in [0.05, 0.1) is 0 Å². The van der Waals surface area contributed by atoms with E-state index >= 15 is 0 Å². The lowest BCUT2D eigenvalue weighted by atomic mass is 9.72. The Morgan fingerprint density at radius 1 is 1.00 bits per heavy atom. The van der Waals surface area contributed by atoms with E-state index in [0.29, 0.717) is 12.1 Å². The summed E-state index contributed by atoms with van der Waals surface area (Å²) in [5, 5.41) is 5.87. The molecule has 2 N–H and O–H groups in total. The number of fused-ring (bicyclic) bond motifs is 3. The van der Waals surface area contributed by atoms with Crippen LogP contribution in [-0.4, -0.2) is 50.8 Å². The standard InChI is InChI=1S/C28H30BF3N3O2/c1-18-20(16-35-13-11-33-12-14-35)15-26(19(2)27(18)29(30,31)32)34-28(36)37-17-25-23-9-5-3-7-21(23)22-8-4-6-10-24(22)25/h3-10,15,25,33H,11-14,16-17H2,1-2H3,(H,34,36)/q-1. The number of halogens is 3. The molecule has 3 aromatic carbocycles. The first kappa shape index (κ1) is 25.4. The van der Waals surface area contributed by atoms with Gasteiger partial charge in [0.2, 0.25) is 0 Å². The number of carbonyl (C=O) groups is 1. The first-order valence-corrected chi connectivity index (χ1v) is 12.6. The molecule has 9 heteroatoms. The molecule has 5 nitrogen and oxygen atoms in total. The summed E-state index contributed by atoms with van der Waals surface area (Å²) in [6.07, 6.45) is -0.762. The fraction of sp³-hybridized carbons (Fsp3) is 0.321. The van der Waals surface area contributed by atoms with Crippen molar-refractivity contribution in [3.05, 3.63) is 82.4 Å². The molecule has 2 aliphatic rings. The minimum Gasteiger partial charge on any atom is -0.448 e. The Hall–Kier alpha value is -3.30. The Bertz CT molecular complexity index is 1280. The second kappa shape index (κ2) is 10.2. The molecule has 0 aromatic heterocycles. The van der Waals surface area contributed by atoms with E-state index in [1.54, 1.807) is 6.07 Å². The summed E-state index contributed by atoms with van der Waals surface area (Å²) in [6, 6.07) is 17.7. The lowest BCUT2D eigenvalue weighted by molar-refractivity contribution is 0.158. The predicted octanol–water partition coefficient (Wildman–Crippen LogP) is 5.12. The van der Waals surface area contributed by atoms with Gasteiger partial charge in [-0.05, 0) is 47.7 Å². The molecule has 0 saturated carbocycles. The molecule has 1 aliphatic heterocycles. The molecule has 0 bridgehead atoms. The molecule has 1 fully saturated rings. The summed E-state index contributed by atoms with van der Waals surface area (Å²) in [7, 11) is 0. The Morgan fingerprint density at radius 3 is 2.19 bits per heavy atom. The molecule has 0 unspecified atom stereocenters. The third-order valence-corrected chi connectivity index (χ3v) is 7.52. The highest BCUT2D eigenvalue weighted by atomic mass is 19.4. The van der Waals surface area contributed by atoms with Crippen molar-refractivity contribution < 1.29 is 22.5 Å². The van der Waals surface area contributed by atoms with Crippen LogP contribution in [0.15, 0.2) is 54.6 Å². The van der Waals surface area contributed by atoms with Gasteiger partial charge in [-0.3, -0.25) is 10.2 Å². The minimum absolute atomic E-state index is 0.0163. The van der Waals surface area contributed by atoms with Gasteiger partial charge in [0.25, 0.3) is 0 Å². The maximum absolute atomic E-state index is 14.1. The van der Waals surface area contributed by atoms with Crippen molar-refractivity contribution in [1.29, 1.82) is 0 Å². The van der Waals surface area contributed by atoms with Gasteiger partial charge in [0, 0.05) is 44.3 Å². The molecular weight excluding hydrogens is 478 g/mol. The van der Waals surface area contributed by atoms with E-state index in [4.69, 9.17) is 4.74 Å². The van der Waals surface area contributed by atoms with Crippen molar-refractivity contribution in [2.45, 2.75) is 26.3 Å². The Morgan fingerprint density at radius 2 is 1.59 bits per heavy atom. The van der Waals surface area contributed by atoms with Crippen LogP contribution in [0.3, 0.4) is 0 Å². The monoisotopic (exact) mass is 508 g/mol. The Balaban J connectivity index is 1.37. The number of rotatable bonds is 6. The fourth-order valence-corrected chi connectivity index (χ4v) is 5.63. The lowest BCUT2D eigenvalue weighted by Crippen LogP contribution is -2.44. The second-order valence-electron chi connectivity index (χ2n) is 9.80. The zero-order valence-electron chi connectivity index (χ0n) is 21.0. The number of anilines is 1. The molecule has 0 atom stereocenters. The van der Waals surface area contributed by atoms with Gasteiger partial charge in [-0.2, -0.15) is 0 Å². The van der Waals surface area contributed by atoms with Crippen molar-refractivity contribution in [3.8, 4) is 11.1 Å². The van der Waals surface area contributed by atoms with Gasteiger partial charge in [0.1, 0.15) is 6.61 Å². The van der Waals surface area contributed by atoms with Crippen molar-refractivity contribution in [2.75, 3.05) is 38.1 Å². The van der Waals surface area contributed by atoms with Crippen LogP contribution in [0.2, 0.25) is 0 Å². The summed E-state index contributed by atoms with van der Waals surface area (Å²) >= 11 is 0. The van der Waals surface area contributed by atoms with Gasteiger partial charge >= 0.3 is 13.1 Å². The van der Waals surface area contributed by atoms with Crippen LogP contribution in [0.1, 0.15) is 33.7 Å². The maximum Gasteiger partial charge on any atom is 0.510 e. The number of ether oxygens (including phenoxy) is 1. The molecule has 1 amide bonds. The van der Waals surface area contributed by atoms with E-state index in [0.717, 1.165) is 48.4 Å². The van der Waals surface area contributed by atoms with Crippen molar-refractivity contribution in [3.63, 3.8) is 0 Å². The van der Waals surface area contributed by atoms with E-state index in [1.165, 1.54) is 13.8 Å². The van der Waals surface area contributed by atoms with Crippen molar-refractivity contribution in [1.82, 2.24) is 10.2 Å². The summed E-state index contributed by atoms with van der Waals surface area (Å²) in [6.45, 7) is 1.27. The summed E-state index contributed by atoms with van der Waals surface area (Å²) in [5.74, 6) is -0.130. The molecule has 1 aliphatic carbocycles.